The van der Waals surface area contributed by atoms with Gasteiger partial charge in [0.1, 0.15) is 5.82 Å². The highest BCUT2D eigenvalue weighted by molar-refractivity contribution is 7.89. The Morgan fingerprint density at radius 3 is 2.48 bits per heavy atom. The molecule has 1 aromatic carbocycles. The highest BCUT2D eigenvalue weighted by Crippen LogP contribution is 2.23. The van der Waals surface area contributed by atoms with Crippen LogP contribution in [0.2, 0.25) is 0 Å². The Morgan fingerprint density at radius 1 is 1.10 bits per heavy atom. The number of rotatable bonds is 7. The van der Waals surface area contributed by atoms with E-state index in [0.717, 1.165) is 42.9 Å². The molecule has 1 saturated heterocycles. The number of pyridine rings is 1. The average molecular weight is 443 g/mol. The van der Waals surface area contributed by atoms with Gasteiger partial charge in [-0.2, -0.15) is 0 Å². The Hall–Kier alpha value is -2.45. The van der Waals surface area contributed by atoms with Crippen molar-refractivity contribution >= 4 is 21.7 Å². The number of carbonyl (C=O) groups is 1. The van der Waals surface area contributed by atoms with Crippen molar-refractivity contribution in [2.45, 2.75) is 62.9 Å². The Morgan fingerprint density at radius 2 is 1.84 bits per heavy atom. The van der Waals surface area contributed by atoms with Crippen molar-refractivity contribution in [1.82, 2.24) is 15.0 Å². The molecule has 2 N–H and O–H groups in total. The summed E-state index contributed by atoms with van der Waals surface area (Å²) in [6, 6.07) is 8.69. The number of carbonyl (C=O) groups excluding carboxylic acids is 1. The number of aromatic nitrogens is 1. The normalized spacial score (nSPS) is 17.3. The summed E-state index contributed by atoms with van der Waals surface area (Å²) in [6.07, 6.45) is 8.48. The third kappa shape index (κ3) is 5.62. The van der Waals surface area contributed by atoms with Gasteiger partial charge in [-0.3, -0.25) is 4.79 Å². The maximum Gasteiger partial charge on any atom is 0.251 e. The van der Waals surface area contributed by atoms with Gasteiger partial charge in [-0.15, -0.1) is 0 Å². The zero-order valence-electron chi connectivity index (χ0n) is 17.9. The molecule has 8 heteroatoms. The first-order valence-corrected chi connectivity index (χ1v) is 12.5. The van der Waals surface area contributed by atoms with E-state index in [2.05, 4.69) is 19.9 Å². The molecule has 4 rings (SSSR count). The number of nitrogens with zero attached hydrogens (tertiary/aromatic N) is 2. The largest absolute Gasteiger partial charge is 0.357 e. The molecule has 1 aromatic heterocycles. The van der Waals surface area contributed by atoms with Crippen molar-refractivity contribution in [3.8, 4) is 0 Å². The van der Waals surface area contributed by atoms with E-state index in [1.54, 1.807) is 25.3 Å². The van der Waals surface area contributed by atoms with Crippen LogP contribution in [0.15, 0.2) is 41.4 Å². The van der Waals surface area contributed by atoms with Gasteiger partial charge >= 0.3 is 0 Å². The van der Waals surface area contributed by atoms with E-state index in [1.165, 1.54) is 31.7 Å². The standard InChI is InChI=1S/C23H30N4O3S/c1-17-6-10-20(31(29,30)26-19-8-9-19)14-21(17)23(28)25-16-18-7-11-22(24-15-18)27-12-4-2-3-5-13-27/h6-7,10-11,14-15,19,26H,2-5,8-9,12-13,16H2,1H3,(H,25,28). The lowest BCUT2D eigenvalue weighted by molar-refractivity contribution is 0.0950. The smallest absolute Gasteiger partial charge is 0.251 e. The molecule has 2 heterocycles. The number of hydrogen-bond donors (Lipinski definition) is 2. The van der Waals surface area contributed by atoms with Crippen LogP contribution in [0, 0.1) is 6.92 Å². The maximum absolute atomic E-state index is 12.8. The molecule has 1 aliphatic carbocycles. The number of nitrogens with one attached hydrogen (secondary N) is 2. The summed E-state index contributed by atoms with van der Waals surface area (Å²) in [4.78, 5) is 19.8. The van der Waals surface area contributed by atoms with Crippen LogP contribution in [-0.2, 0) is 16.6 Å². The summed E-state index contributed by atoms with van der Waals surface area (Å²) in [7, 11) is -3.60. The lowest BCUT2D eigenvalue weighted by Crippen LogP contribution is -2.27. The van der Waals surface area contributed by atoms with Crippen LogP contribution in [0.4, 0.5) is 5.82 Å². The lowest BCUT2D eigenvalue weighted by Gasteiger charge is -2.21. The van der Waals surface area contributed by atoms with Crippen molar-refractivity contribution < 1.29 is 13.2 Å². The van der Waals surface area contributed by atoms with Crippen LogP contribution in [0.25, 0.3) is 0 Å². The molecule has 0 spiro atoms. The van der Waals surface area contributed by atoms with E-state index in [0.29, 0.717) is 12.1 Å². The first-order chi connectivity index (χ1) is 14.9. The molecule has 166 valence electrons. The SMILES string of the molecule is Cc1ccc(S(=O)(=O)NC2CC2)cc1C(=O)NCc1ccc(N2CCCCCC2)nc1. The second-order valence-electron chi connectivity index (χ2n) is 8.48. The topological polar surface area (TPSA) is 91.4 Å². The van der Waals surface area contributed by atoms with Gasteiger partial charge in [-0.25, -0.2) is 18.1 Å². The highest BCUT2D eigenvalue weighted by atomic mass is 32.2. The second-order valence-corrected chi connectivity index (χ2v) is 10.2. The molecular weight excluding hydrogens is 412 g/mol. The van der Waals surface area contributed by atoms with Crippen LogP contribution >= 0.6 is 0 Å². The fourth-order valence-electron chi connectivity index (χ4n) is 3.79. The van der Waals surface area contributed by atoms with E-state index in [9.17, 15) is 13.2 Å². The number of hydrogen-bond acceptors (Lipinski definition) is 5. The summed E-state index contributed by atoms with van der Waals surface area (Å²) >= 11 is 0. The number of anilines is 1. The molecule has 2 aliphatic rings. The molecule has 1 aliphatic heterocycles. The fourth-order valence-corrected chi connectivity index (χ4v) is 5.12. The van der Waals surface area contributed by atoms with Crippen LogP contribution in [-0.4, -0.2) is 38.4 Å². The van der Waals surface area contributed by atoms with Crippen molar-refractivity contribution in [2.75, 3.05) is 18.0 Å². The summed E-state index contributed by atoms with van der Waals surface area (Å²) in [5.74, 6) is 0.687. The van der Waals surface area contributed by atoms with Crippen LogP contribution in [0.1, 0.15) is 60.0 Å². The van der Waals surface area contributed by atoms with Crippen LogP contribution in [0.3, 0.4) is 0 Å². The minimum atomic E-state index is -3.60. The highest BCUT2D eigenvalue weighted by Gasteiger charge is 2.28. The lowest BCUT2D eigenvalue weighted by atomic mass is 10.1. The average Bonchev–Trinajstić information content (AvgIpc) is 3.59. The molecule has 1 amide bonds. The quantitative estimate of drug-likeness (QED) is 0.687. The molecule has 0 radical (unpaired) electrons. The van der Waals surface area contributed by atoms with Gasteiger partial charge in [0, 0.05) is 37.4 Å². The van der Waals surface area contributed by atoms with Gasteiger partial charge in [0.2, 0.25) is 10.0 Å². The zero-order chi connectivity index (χ0) is 21.8. The van der Waals surface area contributed by atoms with Crippen molar-refractivity contribution in [3.05, 3.63) is 53.2 Å². The minimum absolute atomic E-state index is 0.0216. The predicted octanol–water partition coefficient (Wildman–Crippen LogP) is 3.14. The molecule has 7 nitrogen and oxygen atoms in total. The number of aryl methyl sites for hydroxylation is 1. The summed E-state index contributed by atoms with van der Waals surface area (Å²) in [5, 5.41) is 2.89. The van der Waals surface area contributed by atoms with Gasteiger partial charge in [-0.1, -0.05) is 25.0 Å². The molecule has 2 fully saturated rings. The Bertz CT molecular complexity index is 1030. The summed E-state index contributed by atoms with van der Waals surface area (Å²) in [6.45, 7) is 4.22. The minimum Gasteiger partial charge on any atom is -0.357 e. The van der Waals surface area contributed by atoms with Crippen molar-refractivity contribution in [2.24, 2.45) is 0 Å². The number of amides is 1. The summed E-state index contributed by atoms with van der Waals surface area (Å²) < 4.78 is 27.6. The van der Waals surface area contributed by atoms with E-state index in [1.807, 2.05) is 12.1 Å². The maximum atomic E-state index is 12.8. The van der Waals surface area contributed by atoms with Gasteiger partial charge < -0.3 is 10.2 Å². The molecule has 1 saturated carbocycles. The summed E-state index contributed by atoms with van der Waals surface area (Å²) in [5.41, 5.74) is 2.01. The van der Waals surface area contributed by atoms with Gasteiger partial charge in [-0.05, 0) is 61.9 Å². The zero-order valence-corrected chi connectivity index (χ0v) is 18.7. The van der Waals surface area contributed by atoms with Crippen molar-refractivity contribution in [3.63, 3.8) is 0 Å². The van der Waals surface area contributed by atoms with E-state index in [-0.39, 0.29) is 16.8 Å². The van der Waals surface area contributed by atoms with Crippen LogP contribution < -0.4 is 14.9 Å². The molecule has 31 heavy (non-hydrogen) atoms. The Labute approximate surface area is 184 Å². The first-order valence-electron chi connectivity index (χ1n) is 11.0. The van der Waals surface area contributed by atoms with Crippen LogP contribution in [0.5, 0.6) is 0 Å². The van der Waals surface area contributed by atoms with Gasteiger partial charge in [0.05, 0.1) is 4.90 Å². The van der Waals surface area contributed by atoms with E-state index < -0.39 is 10.0 Å². The van der Waals surface area contributed by atoms with Gasteiger partial charge in [0.25, 0.3) is 5.91 Å². The second kappa shape index (κ2) is 9.36. The van der Waals surface area contributed by atoms with Crippen molar-refractivity contribution in [1.29, 1.82) is 0 Å². The predicted molar refractivity (Wildman–Crippen MR) is 121 cm³/mol. The molecule has 0 unspecified atom stereocenters. The van der Waals surface area contributed by atoms with E-state index in [4.69, 9.17) is 0 Å². The third-order valence-corrected chi connectivity index (χ3v) is 7.37. The first kappa shape index (κ1) is 21.8. The third-order valence-electron chi connectivity index (χ3n) is 5.86. The fraction of sp³-hybridized carbons (Fsp3) is 0.478. The monoisotopic (exact) mass is 442 g/mol. The number of sulfonamides is 1. The van der Waals surface area contributed by atoms with E-state index >= 15 is 0 Å². The molecule has 2 aromatic rings. The molecule has 0 atom stereocenters. The molecule has 0 bridgehead atoms. The number of benzene rings is 1. The Balaban J connectivity index is 1.39. The van der Waals surface area contributed by atoms with Gasteiger partial charge in [0.15, 0.2) is 0 Å². The Kier molecular flexibility index (Phi) is 6.57. The molecular formula is C23H30N4O3S.